The number of fused-ring (bicyclic) bond motifs is 8. The maximum atomic E-state index is 12.0. The molecule has 0 spiro atoms. The van der Waals surface area contributed by atoms with E-state index in [1.165, 1.54) is 36.4 Å². The highest BCUT2D eigenvalue weighted by Gasteiger charge is 2.21. The van der Waals surface area contributed by atoms with E-state index >= 15 is 0 Å². The van der Waals surface area contributed by atoms with E-state index in [1.807, 2.05) is 60.7 Å². The molecule has 0 unspecified atom stereocenters. The molecule has 5 heterocycles. The van der Waals surface area contributed by atoms with E-state index in [0.29, 0.717) is 78.2 Å². The minimum Gasteiger partial charge on any atom is -0.354 e. The van der Waals surface area contributed by atoms with Crippen molar-refractivity contribution in [2.45, 2.75) is 19.6 Å². The fourth-order valence-corrected chi connectivity index (χ4v) is 9.02. The van der Waals surface area contributed by atoms with E-state index < -0.39 is 30.4 Å². The molecule has 61 heavy (non-hydrogen) atoms. The number of aromatic amines is 2. The summed E-state index contributed by atoms with van der Waals surface area (Å²) in [5.41, 5.74) is 9.37. The molecule has 3 aromatic heterocycles. The third-order valence-electron chi connectivity index (χ3n) is 10.2. The lowest BCUT2D eigenvalue weighted by atomic mass is 10.0. The number of aromatic nitrogens is 4. The van der Waals surface area contributed by atoms with Crippen molar-refractivity contribution in [1.29, 1.82) is 0 Å². The monoisotopic (exact) mass is 886 g/mol. The molecule has 5 N–H and O–H groups in total. The first-order chi connectivity index (χ1) is 29.0. The molecule has 0 saturated heterocycles. The van der Waals surface area contributed by atoms with Crippen LogP contribution in [-0.4, -0.2) is 58.8 Å². The number of H-pyrrole nitrogens is 2. The van der Waals surface area contributed by atoms with Crippen LogP contribution < -0.4 is 0 Å². The summed E-state index contributed by atoms with van der Waals surface area (Å²) in [6.45, 7) is 0. The van der Waals surface area contributed by atoms with Crippen molar-refractivity contribution < 1.29 is 38.9 Å². The van der Waals surface area contributed by atoms with E-state index in [9.17, 15) is 38.9 Å². The van der Waals surface area contributed by atoms with Crippen LogP contribution in [0.1, 0.15) is 22.8 Å². The second-order valence-electron chi connectivity index (χ2n) is 14.0. The molecule has 2 aliphatic rings. The summed E-state index contributed by atoms with van der Waals surface area (Å²) in [6.07, 6.45) is 7.29. The highest BCUT2D eigenvalue weighted by molar-refractivity contribution is 7.86. The lowest BCUT2D eigenvalue weighted by Gasteiger charge is -2.08. The molecule has 0 amide bonds. The van der Waals surface area contributed by atoms with Crippen molar-refractivity contribution in [2.24, 2.45) is 0 Å². The van der Waals surface area contributed by atoms with Crippen LogP contribution in [0.3, 0.4) is 0 Å². The first-order valence-corrected chi connectivity index (χ1v) is 23.0. The average Bonchev–Trinajstić information content (AvgIpc) is 4.06. The van der Waals surface area contributed by atoms with Crippen molar-refractivity contribution in [3.8, 4) is 44.5 Å². The van der Waals surface area contributed by atoms with E-state index in [0.717, 1.165) is 16.0 Å². The zero-order valence-corrected chi connectivity index (χ0v) is 34.6. The van der Waals surface area contributed by atoms with Gasteiger partial charge in [-0.25, -0.2) is 9.97 Å². The van der Waals surface area contributed by atoms with Crippen LogP contribution in [0.15, 0.2) is 141 Å². The lowest BCUT2D eigenvalue weighted by Crippen LogP contribution is -1.97. The molecule has 9 rings (SSSR count). The molecular formula is C44H30N4O9S4. The normalized spacial score (nSPS) is 12.9. The van der Waals surface area contributed by atoms with E-state index in [-0.39, 0.29) is 14.7 Å². The van der Waals surface area contributed by atoms with Crippen molar-refractivity contribution in [1.82, 2.24) is 19.9 Å². The molecule has 8 bridgehead atoms. The molecule has 0 fully saturated rings. The largest absolute Gasteiger partial charge is 0.354 e. The summed E-state index contributed by atoms with van der Waals surface area (Å²) in [6, 6.07) is 32.1. The predicted molar refractivity (Wildman–Crippen MR) is 237 cm³/mol. The van der Waals surface area contributed by atoms with Gasteiger partial charge in [0.2, 0.25) is 0 Å². The summed E-state index contributed by atoms with van der Waals surface area (Å²) in [7, 11) is -13.5. The van der Waals surface area contributed by atoms with E-state index in [4.69, 9.17) is 9.97 Å². The molecule has 0 aliphatic carbocycles. The highest BCUT2D eigenvalue weighted by atomic mass is 32.2. The molecular weight excluding hydrogens is 857 g/mol. The fraction of sp³-hybridized carbons (Fsp3) is 0. The summed E-state index contributed by atoms with van der Waals surface area (Å²) in [5.74, 6) is 0. The molecule has 304 valence electrons. The van der Waals surface area contributed by atoms with Crippen molar-refractivity contribution >= 4 is 89.4 Å². The minimum absolute atomic E-state index is 0.285. The SMILES string of the molecule is O=S(=O)(O)c1ccc(-c2c3nc(c(-c4ccc(S(=O)(=O)O)cc4)c4ccc([nH]4)c(-c4ccc(S(=O)(=O)O)cc4)c4nc(c(-c5ccc(S)cc5)c5ccc2[nH]5)C=C4)C=C3)cc1. The Morgan fingerprint density at radius 1 is 0.361 bits per heavy atom. The number of nitrogens with zero attached hydrogens (tertiary/aromatic N) is 2. The third kappa shape index (κ3) is 7.75. The smallest absolute Gasteiger partial charge is 0.294 e. The topological polar surface area (TPSA) is 220 Å². The second kappa shape index (κ2) is 14.9. The molecule has 0 saturated carbocycles. The van der Waals surface area contributed by atoms with Gasteiger partial charge in [0.1, 0.15) is 0 Å². The van der Waals surface area contributed by atoms with Gasteiger partial charge in [0.05, 0.1) is 37.5 Å². The van der Waals surface area contributed by atoms with Gasteiger partial charge in [-0.15, -0.1) is 12.6 Å². The van der Waals surface area contributed by atoms with Crippen LogP contribution in [0.2, 0.25) is 0 Å². The Morgan fingerprint density at radius 2 is 0.590 bits per heavy atom. The number of thiol groups is 1. The molecule has 2 aliphatic heterocycles. The van der Waals surface area contributed by atoms with Crippen LogP contribution in [0.5, 0.6) is 0 Å². The summed E-state index contributed by atoms with van der Waals surface area (Å²) < 4.78 is 101. The van der Waals surface area contributed by atoms with Crippen molar-refractivity contribution in [3.05, 3.63) is 144 Å². The van der Waals surface area contributed by atoms with Gasteiger partial charge in [-0.2, -0.15) is 25.3 Å². The first kappa shape index (κ1) is 40.0. The number of rotatable bonds is 7. The Labute approximate surface area is 354 Å². The molecule has 4 aromatic carbocycles. The quantitative estimate of drug-likeness (QED) is 0.0654. The fourth-order valence-electron chi connectivity index (χ4n) is 7.43. The third-order valence-corrected chi connectivity index (χ3v) is 13.1. The summed E-state index contributed by atoms with van der Waals surface area (Å²) >= 11 is 4.50. The Kier molecular flexibility index (Phi) is 9.79. The van der Waals surface area contributed by atoms with Gasteiger partial charge in [0, 0.05) is 49.2 Å². The van der Waals surface area contributed by atoms with Crippen LogP contribution in [0, 0.1) is 0 Å². The zero-order valence-electron chi connectivity index (χ0n) is 31.2. The Hall–Kier alpha value is -6.44. The van der Waals surface area contributed by atoms with Gasteiger partial charge in [-0.3, -0.25) is 13.7 Å². The number of hydrogen-bond donors (Lipinski definition) is 6. The average molecular weight is 887 g/mol. The van der Waals surface area contributed by atoms with Gasteiger partial charge in [0.25, 0.3) is 30.4 Å². The number of benzene rings is 4. The second-order valence-corrected chi connectivity index (χ2v) is 18.8. The minimum atomic E-state index is -4.51. The maximum absolute atomic E-state index is 12.0. The molecule has 0 radical (unpaired) electrons. The van der Waals surface area contributed by atoms with Crippen LogP contribution >= 0.6 is 12.6 Å². The van der Waals surface area contributed by atoms with Gasteiger partial charge in [-0.1, -0.05) is 48.5 Å². The van der Waals surface area contributed by atoms with E-state index in [2.05, 4.69) is 22.6 Å². The van der Waals surface area contributed by atoms with Crippen LogP contribution in [0.25, 0.3) is 90.9 Å². The number of nitrogens with one attached hydrogen (secondary N) is 2. The standard InChI is InChI=1S/C44H30N4O9S4/c49-59(50,51)30-11-3-26(4-12-30)42-35-19-17-33(45-35)41(25-1-9-29(58)10-2-25)34-18-20-36(46-34)43(27-5-13-31(14-6-27)60(52,53)54)38-22-24-40(48-38)44(39-23-21-37(42)47-39)28-7-15-32(16-8-28)61(55,56)57/h1-24,45,48,58H,(H,49,50,51)(H,52,53,54)(H,55,56,57). The molecule has 13 nitrogen and oxygen atoms in total. The van der Waals surface area contributed by atoms with Gasteiger partial charge < -0.3 is 9.97 Å². The van der Waals surface area contributed by atoms with Crippen LogP contribution in [-0.2, 0) is 30.4 Å². The molecule has 0 atom stereocenters. The zero-order chi connectivity index (χ0) is 42.8. The number of hydrogen-bond acceptors (Lipinski definition) is 9. The van der Waals surface area contributed by atoms with Crippen molar-refractivity contribution in [3.63, 3.8) is 0 Å². The van der Waals surface area contributed by atoms with Crippen molar-refractivity contribution in [2.75, 3.05) is 0 Å². The lowest BCUT2D eigenvalue weighted by molar-refractivity contribution is 0.481. The predicted octanol–water partition coefficient (Wildman–Crippen LogP) is 9.35. The van der Waals surface area contributed by atoms with Gasteiger partial charge in [-0.05, 0) is 119 Å². The Morgan fingerprint density at radius 3 is 0.820 bits per heavy atom. The Bertz CT molecular complexity index is 3450. The summed E-state index contributed by atoms with van der Waals surface area (Å²) in [5, 5.41) is 0. The summed E-state index contributed by atoms with van der Waals surface area (Å²) in [4.78, 5) is 17.2. The van der Waals surface area contributed by atoms with E-state index in [1.54, 1.807) is 48.6 Å². The maximum Gasteiger partial charge on any atom is 0.294 e. The Balaban J connectivity index is 1.44. The highest BCUT2D eigenvalue weighted by Crippen LogP contribution is 2.39. The van der Waals surface area contributed by atoms with Gasteiger partial charge in [0.15, 0.2) is 0 Å². The molecule has 7 aromatic rings. The first-order valence-electron chi connectivity index (χ1n) is 18.2. The van der Waals surface area contributed by atoms with Crippen LogP contribution in [0.4, 0.5) is 0 Å². The molecule has 17 heteroatoms. The van der Waals surface area contributed by atoms with Gasteiger partial charge >= 0.3 is 0 Å².